The molecule has 0 atom stereocenters. The highest BCUT2D eigenvalue weighted by Gasteiger charge is 2.09. The van der Waals surface area contributed by atoms with Crippen LogP contribution in [0.25, 0.3) is 10.9 Å². The summed E-state index contributed by atoms with van der Waals surface area (Å²) in [5.41, 5.74) is 7.10. The summed E-state index contributed by atoms with van der Waals surface area (Å²) in [5.74, 6) is 0.200. The Morgan fingerprint density at radius 3 is 2.83 bits per heavy atom. The number of nitrogens with zero attached hydrogens (tertiary/aromatic N) is 1. The van der Waals surface area contributed by atoms with Crippen molar-refractivity contribution < 1.29 is 4.79 Å². The second-order valence-electron chi connectivity index (χ2n) is 4.40. The molecular formula is C15H18N2O. The van der Waals surface area contributed by atoms with E-state index in [2.05, 4.69) is 4.98 Å². The molecule has 94 valence electrons. The molecule has 0 unspecified atom stereocenters. The van der Waals surface area contributed by atoms with Gasteiger partial charge in [0.25, 0.3) is 0 Å². The molecule has 0 saturated carbocycles. The van der Waals surface area contributed by atoms with E-state index >= 15 is 0 Å². The molecule has 0 aliphatic heterocycles. The average Bonchev–Trinajstić information content (AvgIpc) is 2.43. The van der Waals surface area contributed by atoms with Crippen molar-refractivity contribution in [3.63, 3.8) is 0 Å². The summed E-state index contributed by atoms with van der Waals surface area (Å²) in [6.07, 6.45) is 5.26. The number of pyridine rings is 1. The van der Waals surface area contributed by atoms with E-state index in [-0.39, 0.29) is 5.78 Å². The molecule has 0 spiro atoms. The molecule has 0 bridgehead atoms. The Kier molecular flexibility index (Phi) is 4.42. The van der Waals surface area contributed by atoms with E-state index in [4.69, 9.17) is 5.73 Å². The highest BCUT2D eigenvalue weighted by molar-refractivity contribution is 6.07. The molecule has 2 rings (SSSR count). The van der Waals surface area contributed by atoms with Crippen molar-refractivity contribution in [2.75, 3.05) is 6.54 Å². The van der Waals surface area contributed by atoms with Crippen molar-refractivity contribution in [2.45, 2.75) is 25.7 Å². The third kappa shape index (κ3) is 2.93. The lowest BCUT2D eigenvalue weighted by Crippen LogP contribution is -2.02. The molecule has 18 heavy (non-hydrogen) atoms. The Morgan fingerprint density at radius 1 is 1.11 bits per heavy atom. The fourth-order valence-electron chi connectivity index (χ4n) is 2.09. The van der Waals surface area contributed by atoms with Crippen LogP contribution in [-0.2, 0) is 0 Å². The lowest BCUT2D eigenvalue weighted by molar-refractivity contribution is 0.0981. The topological polar surface area (TPSA) is 56.0 Å². The van der Waals surface area contributed by atoms with Gasteiger partial charge in [-0.2, -0.15) is 0 Å². The summed E-state index contributed by atoms with van der Waals surface area (Å²) in [5, 5.41) is 0.948. The van der Waals surface area contributed by atoms with Gasteiger partial charge in [-0.05, 0) is 31.5 Å². The molecule has 2 N–H and O–H groups in total. The summed E-state index contributed by atoms with van der Waals surface area (Å²) in [6, 6.07) is 9.53. The fourth-order valence-corrected chi connectivity index (χ4v) is 2.09. The first kappa shape index (κ1) is 12.7. The van der Waals surface area contributed by atoms with Crippen molar-refractivity contribution in [1.82, 2.24) is 4.98 Å². The van der Waals surface area contributed by atoms with Crippen LogP contribution in [0.4, 0.5) is 0 Å². The minimum absolute atomic E-state index is 0.200. The smallest absolute Gasteiger partial charge is 0.163 e. The first-order chi connectivity index (χ1) is 8.83. The van der Waals surface area contributed by atoms with Crippen LogP contribution in [0.5, 0.6) is 0 Å². The van der Waals surface area contributed by atoms with Crippen LogP contribution in [0.15, 0.2) is 36.5 Å². The largest absolute Gasteiger partial charge is 0.330 e. The van der Waals surface area contributed by atoms with E-state index in [9.17, 15) is 4.79 Å². The summed E-state index contributed by atoms with van der Waals surface area (Å²) >= 11 is 0. The van der Waals surface area contributed by atoms with Crippen LogP contribution in [0.1, 0.15) is 36.0 Å². The normalized spacial score (nSPS) is 10.7. The fraction of sp³-hybridized carbons (Fsp3) is 0.333. The third-order valence-corrected chi connectivity index (χ3v) is 3.05. The predicted octanol–water partition coefficient (Wildman–Crippen LogP) is 2.94. The number of Topliss-reactive ketones (excluding diaryl/α,β-unsaturated/α-hetero) is 1. The number of hydrogen-bond acceptors (Lipinski definition) is 3. The Balaban J connectivity index is 2.13. The van der Waals surface area contributed by atoms with Crippen LogP contribution in [-0.4, -0.2) is 17.3 Å². The van der Waals surface area contributed by atoms with Crippen LogP contribution < -0.4 is 5.73 Å². The number of hydrogen-bond donors (Lipinski definition) is 1. The molecule has 3 heteroatoms. The van der Waals surface area contributed by atoms with Crippen molar-refractivity contribution >= 4 is 16.7 Å². The molecule has 0 saturated heterocycles. The monoisotopic (exact) mass is 242 g/mol. The van der Waals surface area contributed by atoms with E-state index in [1.807, 2.05) is 30.3 Å². The maximum Gasteiger partial charge on any atom is 0.163 e. The average molecular weight is 242 g/mol. The SMILES string of the molecule is NCCCCCC(=O)c1cccc2ncccc12. The van der Waals surface area contributed by atoms with Gasteiger partial charge < -0.3 is 5.73 Å². The van der Waals surface area contributed by atoms with Crippen molar-refractivity contribution in [3.8, 4) is 0 Å². The van der Waals surface area contributed by atoms with Gasteiger partial charge in [0.2, 0.25) is 0 Å². The Bertz CT molecular complexity index is 532. The van der Waals surface area contributed by atoms with Crippen molar-refractivity contribution in [3.05, 3.63) is 42.1 Å². The third-order valence-electron chi connectivity index (χ3n) is 3.05. The number of rotatable bonds is 6. The summed E-state index contributed by atoms with van der Waals surface area (Å²) in [4.78, 5) is 16.4. The maximum atomic E-state index is 12.2. The molecule has 0 amide bonds. The van der Waals surface area contributed by atoms with E-state index < -0.39 is 0 Å². The zero-order valence-electron chi connectivity index (χ0n) is 10.4. The standard InChI is InChI=1S/C15H18N2O/c16-10-3-1-2-9-15(18)13-6-4-8-14-12(13)7-5-11-17-14/h4-8,11H,1-3,9-10,16H2. The summed E-state index contributed by atoms with van der Waals surface area (Å²) in [6.45, 7) is 0.701. The number of fused-ring (bicyclic) bond motifs is 1. The van der Waals surface area contributed by atoms with Gasteiger partial charge in [-0.25, -0.2) is 0 Å². The Labute approximate surface area is 107 Å². The highest BCUT2D eigenvalue weighted by Crippen LogP contribution is 2.18. The second-order valence-corrected chi connectivity index (χ2v) is 4.40. The minimum Gasteiger partial charge on any atom is -0.330 e. The zero-order valence-corrected chi connectivity index (χ0v) is 10.4. The van der Waals surface area contributed by atoms with Crippen LogP contribution in [0.2, 0.25) is 0 Å². The molecule has 0 aliphatic carbocycles. The van der Waals surface area contributed by atoms with Gasteiger partial charge in [-0.1, -0.05) is 24.6 Å². The second kappa shape index (κ2) is 6.26. The number of unbranched alkanes of at least 4 members (excludes halogenated alkanes) is 2. The van der Waals surface area contributed by atoms with Gasteiger partial charge in [0.15, 0.2) is 5.78 Å². The lowest BCUT2D eigenvalue weighted by atomic mass is 10.0. The van der Waals surface area contributed by atoms with E-state index in [0.717, 1.165) is 35.7 Å². The molecule has 1 heterocycles. The zero-order chi connectivity index (χ0) is 12.8. The first-order valence-corrected chi connectivity index (χ1v) is 6.40. The van der Waals surface area contributed by atoms with E-state index in [1.165, 1.54) is 0 Å². The summed E-state index contributed by atoms with van der Waals surface area (Å²) < 4.78 is 0. The van der Waals surface area contributed by atoms with Crippen molar-refractivity contribution in [1.29, 1.82) is 0 Å². The predicted molar refractivity (Wildman–Crippen MR) is 73.6 cm³/mol. The number of benzene rings is 1. The Morgan fingerprint density at radius 2 is 2.00 bits per heavy atom. The van der Waals surface area contributed by atoms with Gasteiger partial charge in [-0.15, -0.1) is 0 Å². The number of carbonyl (C=O) groups excluding carboxylic acids is 1. The quantitative estimate of drug-likeness (QED) is 0.626. The van der Waals surface area contributed by atoms with E-state index in [1.54, 1.807) is 6.20 Å². The molecule has 0 radical (unpaired) electrons. The minimum atomic E-state index is 0.200. The van der Waals surface area contributed by atoms with Gasteiger partial charge >= 0.3 is 0 Å². The lowest BCUT2D eigenvalue weighted by Gasteiger charge is -2.05. The molecule has 1 aromatic carbocycles. The molecule has 2 aromatic rings. The summed E-state index contributed by atoms with van der Waals surface area (Å²) in [7, 11) is 0. The first-order valence-electron chi connectivity index (χ1n) is 6.40. The number of nitrogens with two attached hydrogens (primary N) is 1. The van der Waals surface area contributed by atoms with Gasteiger partial charge in [0, 0.05) is 23.6 Å². The molecule has 0 fully saturated rings. The van der Waals surface area contributed by atoms with Crippen LogP contribution in [0.3, 0.4) is 0 Å². The number of carbonyl (C=O) groups is 1. The van der Waals surface area contributed by atoms with Crippen molar-refractivity contribution in [2.24, 2.45) is 5.73 Å². The van der Waals surface area contributed by atoms with Crippen LogP contribution in [0, 0.1) is 0 Å². The maximum absolute atomic E-state index is 12.2. The molecule has 0 aliphatic rings. The number of aromatic nitrogens is 1. The van der Waals surface area contributed by atoms with Gasteiger partial charge in [-0.3, -0.25) is 9.78 Å². The number of ketones is 1. The molecule has 1 aromatic heterocycles. The molecule has 3 nitrogen and oxygen atoms in total. The van der Waals surface area contributed by atoms with Gasteiger partial charge in [0.1, 0.15) is 0 Å². The molecular weight excluding hydrogens is 224 g/mol. The Hall–Kier alpha value is -1.74. The van der Waals surface area contributed by atoms with Gasteiger partial charge in [0.05, 0.1) is 5.52 Å². The highest BCUT2D eigenvalue weighted by atomic mass is 16.1. The van der Waals surface area contributed by atoms with E-state index in [0.29, 0.717) is 13.0 Å². The van der Waals surface area contributed by atoms with Crippen LogP contribution >= 0.6 is 0 Å².